The number of nitrogens with zero attached hydrogens (tertiary/aromatic N) is 4. The summed E-state index contributed by atoms with van der Waals surface area (Å²) in [6, 6.07) is 13.5. The monoisotopic (exact) mass is 369 g/mol. The molecule has 132 valence electrons. The Kier molecular flexibility index (Phi) is 5.18. The number of aromatic amines is 1. The summed E-state index contributed by atoms with van der Waals surface area (Å²) < 4.78 is 7.26. The van der Waals surface area contributed by atoms with Gasteiger partial charge >= 0.3 is 0 Å². The van der Waals surface area contributed by atoms with Gasteiger partial charge in [0.1, 0.15) is 5.75 Å². The Hall–Kier alpha value is -3.33. The third-order valence-electron chi connectivity index (χ3n) is 3.50. The van der Waals surface area contributed by atoms with E-state index in [1.807, 2.05) is 31.2 Å². The molecule has 0 atom stereocenters. The highest BCUT2D eigenvalue weighted by molar-refractivity contribution is 7.71. The SMILES string of the molecule is CCOc1ccc(-c2n[nH]c(=S)n2/N=C/c2ccc([N+](=O)[O-])cc2)cc1. The van der Waals surface area contributed by atoms with Crippen molar-refractivity contribution in [1.29, 1.82) is 0 Å². The molecule has 1 heterocycles. The van der Waals surface area contributed by atoms with Crippen LogP contribution < -0.4 is 4.74 Å². The number of rotatable bonds is 6. The van der Waals surface area contributed by atoms with Crippen LogP contribution in [0.15, 0.2) is 53.6 Å². The van der Waals surface area contributed by atoms with E-state index in [0.717, 1.165) is 11.3 Å². The van der Waals surface area contributed by atoms with E-state index < -0.39 is 4.92 Å². The van der Waals surface area contributed by atoms with E-state index in [1.165, 1.54) is 16.8 Å². The van der Waals surface area contributed by atoms with E-state index in [4.69, 9.17) is 17.0 Å². The van der Waals surface area contributed by atoms with E-state index in [1.54, 1.807) is 18.3 Å². The predicted octanol–water partition coefficient (Wildman–Crippen LogP) is 3.80. The van der Waals surface area contributed by atoms with Gasteiger partial charge in [-0.1, -0.05) is 0 Å². The van der Waals surface area contributed by atoms with Crippen LogP contribution in [0.1, 0.15) is 12.5 Å². The smallest absolute Gasteiger partial charge is 0.269 e. The predicted molar refractivity (Wildman–Crippen MR) is 100 cm³/mol. The third kappa shape index (κ3) is 3.83. The minimum Gasteiger partial charge on any atom is -0.494 e. The van der Waals surface area contributed by atoms with Crippen LogP contribution in [0.3, 0.4) is 0 Å². The lowest BCUT2D eigenvalue weighted by molar-refractivity contribution is -0.384. The van der Waals surface area contributed by atoms with E-state index in [-0.39, 0.29) is 5.69 Å². The molecule has 0 aliphatic carbocycles. The van der Waals surface area contributed by atoms with Crippen molar-refractivity contribution in [3.8, 4) is 17.1 Å². The van der Waals surface area contributed by atoms with E-state index >= 15 is 0 Å². The maximum Gasteiger partial charge on any atom is 0.269 e. The summed E-state index contributed by atoms with van der Waals surface area (Å²) in [7, 11) is 0. The number of aromatic nitrogens is 3. The normalized spacial score (nSPS) is 11.0. The number of hydrogen-bond acceptors (Lipinski definition) is 6. The zero-order valence-corrected chi connectivity index (χ0v) is 14.6. The zero-order chi connectivity index (χ0) is 18.5. The number of hydrogen-bond donors (Lipinski definition) is 1. The molecular formula is C17H15N5O3S. The molecule has 0 saturated carbocycles. The molecule has 8 nitrogen and oxygen atoms in total. The van der Waals surface area contributed by atoms with Crippen LogP contribution in [-0.2, 0) is 0 Å². The van der Waals surface area contributed by atoms with Crippen molar-refractivity contribution in [2.24, 2.45) is 5.10 Å². The first-order chi connectivity index (χ1) is 12.6. The highest BCUT2D eigenvalue weighted by atomic mass is 32.1. The standard InChI is InChI=1S/C17H15N5O3S/c1-2-25-15-9-5-13(6-10-15)16-19-20-17(26)21(16)18-11-12-3-7-14(8-4-12)22(23)24/h3-11H,2H2,1H3,(H,20,26)/b18-11+. The summed E-state index contributed by atoms with van der Waals surface area (Å²) in [5.41, 5.74) is 1.55. The van der Waals surface area contributed by atoms with Crippen LogP contribution in [0, 0.1) is 14.9 Å². The lowest BCUT2D eigenvalue weighted by atomic mass is 10.2. The molecule has 26 heavy (non-hydrogen) atoms. The van der Waals surface area contributed by atoms with Gasteiger partial charge in [-0.05, 0) is 61.1 Å². The van der Waals surface area contributed by atoms with Crippen molar-refractivity contribution in [3.63, 3.8) is 0 Å². The minimum atomic E-state index is -0.447. The number of benzene rings is 2. The van der Waals surface area contributed by atoms with Crippen molar-refractivity contribution < 1.29 is 9.66 Å². The van der Waals surface area contributed by atoms with Crippen LogP contribution in [0.4, 0.5) is 5.69 Å². The van der Waals surface area contributed by atoms with Crippen molar-refractivity contribution in [2.45, 2.75) is 6.92 Å². The lowest BCUT2D eigenvalue weighted by Crippen LogP contribution is -1.96. The molecule has 0 bridgehead atoms. The Morgan fingerprint density at radius 3 is 2.58 bits per heavy atom. The first-order valence-electron chi connectivity index (χ1n) is 7.78. The maximum atomic E-state index is 10.7. The molecule has 0 amide bonds. The van der Waals surface area contributed by atoms with Crippen LogP contribution >= 0.6 is 12.2 Å². The molecule has 0 unspecified atom stereocenters. The number of non-ortho nitro benzene ring substituents is 1. The molecule has 1 aromatic heterocycles. The van der Waals surface area contributed by atoms with Crippen LogP contribution in [0.25, 0.3) is 11.4 Å². The second kappa shape index (κ2) is 7.70. The molecule has 0 saturated heterocycles. The average molecular weight is 369 g/mol. The van der Waals surface area contributed by atoms with Crippen molar-refractivity contribution in [1.82, 2.24) is 14.9 Å². The Bertz CT molecular complexity index is 990. The van der Waals surface area contributed by atoms with Crippen LogP contribution in [0.5, 0.6) is 5.75 Å². The average Bonchev–Trinajstić information content (AvgIpc) is 3.02. The van der Waals surface area contributed by atoms with Crippen molar-refractivity contribution >= 4 is 24.1 Å². The van der Waals surface area contributed by atoms with Gasteiger partial charge in [0.25, 0.3) is 5.69 Å². The second-order valence-electron chi connectivity index (χ2n) is 5.21. The highest BCUT2D eigenvalue weighted by Crippen LogP contribution is 2.21. The topological polar surface area (TPSA) is 98.3 Å². The van der Waals surface area contributed by atoms with Gasteiger partial charge in [0.15, 0.2) is 5.82 Å². The van der Waals surface area contributed by atoms with Crippen molar-refractivity contribution in [3.05, 3.63) is 69.0 Å². The molecule has 0 spiro atoms. The third-order valence-corrected chi connectivity index (χ3v) is 3.76. The molecule has 9 heteroatoms. The number of H-pyrrole nitrogens is 1. The molecule has 1 N–H and O–H groups in total. The fraction of sp³-hybridized carbons (Fsp3) is 0.118. The summed E-state index contributed by atoms with van der Waals surface area (Å²) in [6.45, 7) is 2.52. The summed E-state index contributed by atoms with van der Waals surface area (Å²) in [4.78, 5) is 10.3. The summed E-state index contributed by atoms with van der Waals surface area (Å²) in [5, 5.41) is 22.0. The Labute approximate surface area is 153 Å². The van der Waals surface area contributed by atoms with Gasteiger partial charge in [0.05, 0.1) is 17.7 Å². The van der Waals surface area contributed by atoms with Gasteiger partial charge in [0.2, 0.25) is 4.77 Å². The summed E-state index contributed by atoms with van der Waals surface area (Å²) in [6.07, 6.45) is 1.56. The van der Waals surface area contributed by atoms with Crippen molar-refractivity contribution in [2.75, 3.05) is 6.61 Å². The lowest BCUT2D eigenvalue weighted by Gasteiger charge is -2.04. The van der Waals surface area contributed by atoms with Crippen LogP contribution in [-0.4, -0.2) is 32.6 Å². The number of nitrogens with one attached hydrogen (secondary N) is 1. The van der Waals surface area contributed by atoms with Gasteiger partial charge < -0.3 is 4.74 Å². The highest BCUT2D eigenvalue weighted by Gasteiger charge is 2.08. The first kappa shape index (κ1) is 17.5. The number of nitro benzene ring substituents is 1. The zero-order valence-electron chi connectivity index (χ0n) is 13.8. The number of nitro groups is 1. The quantitative estimate of drug-likeness (QED) is 0.308. The molecular weight excluding hydrogens is 354 g/mol. The first-order valence-corrected chi connectivity index (χ1v) is 8.19. The van der Waals surface area contributed by atoms with Crippen LogP contribution in [0.2, 0.25) is 0 Å². The molecule has 0 aliphatic rings. The molecule has 0 fully saturated rings. The van der Waals surface area contributed by atoms with Gasteiger partial charge in [-0.15, -0.1) is 0 Å². The summed E-state index contributed by atoms with van der Waals surface area (Å²) >= 11 is 5.23. The Morgan fingerprint density at radius 1 is 1.27 bits per heavy atom. The molecule has 0 aliphatic heterocycles. The molecule has 3 aromatic rings. The fourth-order valence-electron chi connectivity index (χ4n) is 2.26. The molecule has 3 rings (SSSR count). The fourth-order valence-corrected chi connectivity index (χ4v) is 2.44. The maximum absolute atomic E-state index is 10.7. The van der Waals surface area contributed by atoms with Gasteiger partial charge in [-0.25, -0.2) is 5.10 Å². The Morgan fingerprint density at radius 2 is 1.96 bits per heavy atom. The Balaban J connectivity index is 1.88. The summed E-state index contributed by atoms with van der Waals surface area (Å²) in [5.74, 6) is 1.32. The van der Waals surface area contributed by atoms with E-state index in [2.05, 4.69) is 15.3 Å². The molecule has 0 radical (unpaired) electrons. The van der Waals surface area contributed by atoms with E-state index in [9.17, 15) is 10.1 Å². The second-order valence-corrected chi connectivity index (χ2v) is 5.60. The van der Waals surface area contributed by atoms with E-state index in [0.29, 0.717) is 22.8 Å². The van der Waals surface area contributed by atoms with Gasteiger partial charge in [0, 0.05) is 17.7 Å². The largest absolute Gasteiger partial charge is 0.494 e. The minimum absolute atomic E-state index is 0.0251. The number of ether oxygens (including phenoxy) is 1. The van der Waals surface area contributed by atoms with Gasteiger partial charge in [-0.3, -0.25) is 10.1 Å². The molecule has 2 aromatic carbocycles. The van der Waals surface area contributed by atoms with Gasteiger partial charge in [-0.2, -0.15) is 14.9 Å².